The topological polar surface area (TPSA) is 66.8 Å². The third kappa shape index (κ3) is 2.91. The second-order valence-electron chi connectivity index (χ2n) is 4.99. The van der Waals surface area contributed by atoms with Crippen LogP contribution in [0.5, 0.6) is 0 Å². The molecule has 3 rings (SSSR count). The fourth-order valence-electron chi connectivity index (χ4n) is 2.54. The molecule has 0 saturated carbocycles. The lowest BCUT2D eigenvalue weighted by Crippen LogP contribution is -2.46. The summed E-state index contributed by atoms with van der Waals surface area (Å²) in [4.78, 5) is 25.1. The molecule has 0 radical (unpaired) electrons. The van der Waals surface area contributed by atoms with E-state index in [2.05, 4.69) is 0 Å². The summed E-state index contributed by atoms with van der Waals surface area (Å²) in [5.74, 6) is -0.957. The van der Waals surface area contributed by atoms with Gasteiger partial charge in [-0.25, -0.2) is 0 Å². The Kier molecular flexibility index (Phi) is 3.90. The largest absolute Gasteiger partial charge is 0.481 e. The van der Waals surface area contributed by atoms with Gasteiger partial charge in [-0.1, -0.05) is 18.2 Å². The van der Waals surface area contributed by atoms with Crippen LogP contribution in [0, 0.1) is 0 Å². The number of aliphatic carboxylic acids is 1. The van der Waals surface area contributed by atoms with Crippen molar-refractivity contribution in [1.82, 2.24) is 4.90 Å². The lowest BCUT2D eigenvalue weighted by molar-refractivity contribution is -0.141. The van der Waals surface area contributed by atoms with Crippen LogP contribution in [0.2, 0.25) is 0 Å². The average molecular weight is 305 g/mol. The highest BCUT2D eigenvalue weighted by Crippen LogP contribution is 2.27. The summed E-state index contributed by atoms with van der Waals surface area (Å²) >= 11 is 1.54. The number of nitrogens with zero attached hydrogens (tertiary/aromatic N) is 1. The van der Waals surface area contributed by atoms with E-state index < -0.39 is 12.1 Å². The molecular weight excluding hydrogens is 290 g/mol. The monoisotopic (exact) mass is 305 g/mol. The number of fused-ring (bicyclic) bond motifs is 1. The van der Waals surface area contributed by atoms with Gasteiger partial charge in [-0.2, -0.15) is 0 Å². The maximum Gasteiger partial charge on any atom is 0.306 e. The van der Waals surface area contributed by atoms with Gasteiger partial charge in [0.05, 0.1) is 24.7 Å². The standard InChI is InChI=1S/C15H15NO4S/c17-14(18)7-10-8-16(5-6-20-10)15(19)12-9-21-13-4-2-1-3-11(12)13/h1-4,9-10H,5-8H2,(H,17,18)/t10-/m1/s1. The number of carboxylic acids is 1. The fourth-order valence-corrected chi connectivity index (χ4v) is 3.47. The van der Waals surface area contributed by atoms with Crippen LogP contribution in [-0.2, 0) is 9.53 Å². The van der Waals surface area contributed by atoms with Gasteiger partial charge in [0.2, 0.25) is 0 Å². The highest BCUT2D eigenvalue weighted by atomic mass is 32.1. The number of benzene rings is 1. The minimum absolute atomic E-state index is 0.0499. The van der Waals surface area contributed by atoms with Crippen molar-refractivity contribution in [1.29, 1.82) is 0 Å². The van der Waals surface area contributed by atoms with Crippen LogP contribution in [0.3, 0.4) is 0 Å². The molecule has 1 N–H and O–H groups in total. The molecule has 1 aromatic heterocycles. The van der Waals surface area contributed by atoms with Crippen LogP contribution in [-0.4, -0.2) is 47.7 Å². The number of morpholine rings is 1. The highest BCUT2D eigenvalue weighted by Gasteiger charge is 2.27. The third-order valence-corrected chi connectivity index (χ3v) is 4.50. The number of thiophene rings is 1. The normalized spacial score (nSPS) is 18.9. The van der Waals surface area contributed by atoms with E-state index in [1.165, 1.54) is 0 Å². The summed E-state index contributed by atoms with van der Waals surface area (Å²) in [7, 11) is 0. The molecule has 110 valence electrons. The lowest BCUT2D eigenvalue weighted by atomic mass is 10.1. The lowest BCUT2D eigenvalue weighted by Gasteiger charge is -2.32. The predicted octanol–water partition coefficient (Wildman–Crippen LogP) is 2.22. The summed E-state index contributed by atoms with van der Waals surface area (Å²) in [6, 6.07) is 7.79. The Morgan fingerprint density at radius 3 is 3.00 bits per heavy atom. The second kappa shape index (κ2) is 5.83. The number of amides is 1. The Labute approximate surface area is 125 Å². The van der Waals surface area contributed by atoms with E-state index >= 15 is 0 Å². The van der Waals surface area contributed by atoms with E-state index in [0.717, 1.165) is 10.1 Å². The SMILES string of the molecule is O=C(O)C[C@@H]1CN(C(=O)c2csc3ccccc23)CCO1. The van der Waals surface area contributed by atoms with Crippen molar-refractivity contribution in [3.63, 3.8) is 0 Å². The van der Waals surface area contributed by atoms with Crippen LogP contribution in [0.4, 0.5) is 0 Å². The van der Waals surface area contributed by atoms with Crippen molar-refractivity contribution in [2.24, 2.45) is 0 Å². The Balaban J connectivity index is 1.80. The fraction of sp³-hybridized carbons (Fsp3) is 0.333. The molecule has 1 aliphatic heterocycles. The summed E-state index contributed by atoms with van der Waals surface area (Å²) in [6.45, 7) is 1.21. The van der Waals surface area contributed by atoms with Gasteiger partial charge in [0.25, 0.3) is 5.91 Å². The molecule has 1 amide bonds. The minimum Gasteiger partial charge on any atom is -0.481 e. The first-order valence-corrected chi connectivity index (χ1v) is 7.62. The Hall–Kier alpha value is -1.92. The van der Waals surface area contributed by atoms with Gasteiger partial charge >= 0.3 is 5.97 Å². The van der Waals surface area contributed by atoms with E-state index in [-0.39, 0.29) is 12.3 Å². The van der Waals surface area contributed by atoms with Gasteiger partial charge in [0.15, 0.2) is 0 Å². The van der Waals surface area contributed by atoms with E-state index in [4.69, 9.17) is 9.84 Å². The van der Waals surface area contributed by atoms with Crippen LogP contribution in [0.25, 0.3) is 10.1 Å². The molecule has 2 heterocycles. The summed E-state index contributed by atoms with van der Waals surface area (Å²) in [5.41, 5.74) is 0.687. The van der Waals surface area contributed by atoms with Gasteiger partial charge < -0.3 is 14.7 Å². The molecule has 0 aliphatic carbocycles. The zero-order valence-electron chi connectivity index (χ0n) is 11.3. The second-order valence-corrected chi connectivity index (χ2v) is 5.90. The molecular formula is C15H15NO4S. The molecule has 1 fully saturated rings. The average Bonchev–Trinajstić information content (AvgIpc) is 2.90. The molecule has 5 nitrogen and oxygen atoms in total. The van der Waals surface area contributed by atoms with E-state index in [1.54, 1.807) is 16.2 Å². The van der Waals surface area contributed by atoms with Gasteiger partial charge in [0.1, 0.15) is 0 Å². The molecule has 1 aromatic carbocycles. The first-order valence-electron chi connectivity index (χ1n) is 6.74. The van der Waals surface area contributed by atoms with Gasteiger partial charge in [-0.05, 0) is 6.07 Å². The van der Waals surface area contributed by atoms with Crippen molar-refractivity contribution in [3.05, 3.63) is 35.2 Å². The third-order valence-electron chi connectivity index (χ3n) is 3.54. The predicted molar refractivity (Wildman–Crippen MR) is 79.7 cm³/mol. The Morgan fingerprint density at radius 1 is 1.38 bits per heavy atom. The first-order chi connectivity index (χ1) is 10.1. The first kappa shape index (κ1) is 14.0. The van der Waals surface area contributed by atoms with Gasteiger partial charge in [0, 0.05) is 28.6 Å². The zero-order valence-corrected chi connectivity index (χ0v) is 12.1. The minimum atomic E-state index is -0.907. The smallest absolute Gasteiger partial charge is 0.306 e. The van der Waals surface area contributed by atoms with Gasteiger partial charge in [-0.3, -0.25) is 9.59 Å². The maximum absolute atomic E-state index is 12.6. The van der Waals surface area contributed by atoms with Crippen LogP contribution >= 0.6 is 11.3 Å². The van der Waals surface area contributed by atoms with Crippen molar-refractivity contribution in [2.75, 3.05) is 19.7 Å². The molecule has 0 unspecified atom stereocenters. The van der Waals surface area contributed by atoms with Crippen molar-refractivity contribution in [3.8, 4) is 0 Å². The summed E-state index contributed by atoms with van der Waals surface area (Å²) in [6.07, 6.45) is -0.501. The van der Waals surface area contributed by atoms with Gasteiger partial charge in [-0.15, -0.1) is 11.3 Å². The van der Waals surface area contributed by atoms with Crippen LogP contribution in [0.1, 0.15) is 16.8 Å². The molecule has 1 aliphatic rings. The molecule has 6 heteroatoms. The number of ether oxygens (including phenoxy) is 1. The number of carbonyl (C=O) groups excluding carboxylic acids is 1. The quantitative estimate of drug-likeness (QED) is 0.944. The molecule has 1 atom stereocenters. The Bertz CT molecular complexity index is 681. The number of carbonyl (C=O) groups is 2. The van der Waals surface area contributed by atoms with E-state index in [0.29, 0.717) is 25.3 Å². The number of hydrogen-bond donors (Lipinski definition) is 1. The van der Waals surface area contributed by atoms with Crippen molar-refractivity contribution < 1.29 is 19.4 Å². The Morgan fingerprint density at radius 2 is 2.19 bits per heavy atom. The summed E-state index contributed by atoms with van der Waals surface area (Å²) in [5, 5.41) is 11.7. The number of rotatable bonds is 3. The molecule has 21 heavy (non-hydrogen) atoms. The van der Waals surface area contributed by atoms with E-state index in [9.17, 15) is 9.59 Å². The number of carboxylic acid groups (broad SMARTS) is 1. The summed E-state index contributed by atoms with van der Waals surface area (Å²) < 4.78 is 6.48. The zero-order chi connectivity index (χ0) is 14.8. The van der Waals surface area contributed by atoms with Crippen molar-refractivity contribution in [2.45, 2.75) is 12.5 Å². The van der Waals surface area contributed by atoms with Crippen molar-refractivity contribution >= 4 is 33.3 Å². The van der Waals surface area contributed by atoms with Crippen LogP contribution in [0.15, 0.2) is 29.6 Å². The molecule has 0 bridgehead atoms. The highest BCUT2D eigenvalue weighted by molar-refractivity contribution is 7.17. The number of hydrogen-bond acceptors (Lipinski definition) is 4. The molecule has 0 spiro atoms. The molecule has 2 aromatic rings. The molecule has 1 saturated heterocycles. The van der Waals surface area contributed by atoms with Crippen LogP contribution < -0.4 is 0 Å². The maximum atomic E-state index is 12.6. The van der Waals surface area contributed by atoms with E-state index in [1.807, 2.05) is 29.6 Å².